The van der Waals surface area contributed by atoms with E-state index in [0.29, 0.717) is 6.61 Å². The van der Waals surface area contributed by atoms with Gasteiger partial charge in [0.2, 0.25) is 0 Å². The second-order valence-electron chi connectivity index (χ2n) is 5.98. The van der Waals surface area contributed by atoms with Gasteiger partial charge in [0.25, 0.3) is 0 Å². The summed E-state index contributed by atoms with van der Waals surface area (Å²) < 4.78 is 11.5. The van der Waals surface area contributed by atoms with Crippen LogP contribution in [0.5, 0.6) is 11.5 Å². The first-order valence-electron chi connectivity index (χ1n) is 8.38. The van der Waals surface area contributed by atoms with E-state index in [9.17, 15) is 0 Å². The van der Waals surface area contributed by atoms with E-state index in [2.05, 4.69) is 49.3 Å². The van der Waals surface area contributed by atoms with Crippen molar-refractivity contribution >= 4 is 12.2 Å². The highest BCUT2D eigenvalue weighted by molar-refractivity contribution is 5.74. The zero-order valence-corrected chi connectivity index (χ0v) is 14.9. The second-order valence-corrected chi connectivity index (χ2v) is 5.98. The lowest BCUT2D eigenvalue weighted by Crippen LogP contribution is -2.13. The number of methoxy groups -OCH3 is 1. The third-order valence-electron chi connectivity index (χ3n) is 3.73. The Kier molecular flexibility index (Phi) is 7.37. The minimum absolute atomic E-state index is 0.695. The first kappa shape index (κ1) is 18.1. The Morgan fingerprint density at radius 1 is 0.917 bits per heavy atom. The van der Waals surface area contributed by atoms with Gasteiger partial charge in [0.15, 0.2) is 11.5 Å². The molecule has 0 spiro atoms. The largest absolute Gasteiger partial charge is 0.493 e. The number of rotatable bonds is 9. The fourth-order valence-electron chi connectivity index (χ4n) is 2.43. The summed E-state index contributed by atoms with van der Waals surface area (Å²) in [5, 5.41) is 0. The van der Waals surface area contributed by atoms with Crippen molar-refractivity contribution in [2.24, 2.45) is 0 Å². The highest BCUT2D eigenvalue weighted by atomic mass is 16.5. The summed E-state index contributed by atoms with van der Waals surface area (Å²) in [5.74, 6) is 1.59. The molecule has 0 fully saturated rings. The van der Waals surface area contributed by atoms with E-state index in [4.69, 9.17) is 9.47 Å². The fraction of sp³-hybridized carbons (Fsp3) is 0.333. The van der Waals surface area contributed by atoms with Gasteiger partial charge in [-0.2, -0.15) is 0 Å². The van der Waals surface area contributed by atoms with Crippen LogP contribution in [0, 0.1) is 0 Å². The maximum absolute atomic E-state index is 6.03. The zero-order chi connectivity index (χ0) is 17.2. The Morgan fingerprint density at radius 2 is 1.71 bits per heavy atom. The predicted octanol–water partition coefficient (Wildman–Crippen LogP) is 4.59. The summed E-state index contributed by atoms with van der Waals surface area (Å²) >= 11 is 0. The molecule has 2 aromatic carbocycles. The van der Waals surface area contributed by atoms with Crippen molar-refractivity contribution in [2.75, 3.05) is 34.4 Å². The van der Waals surface area contributed by atoms with Gasteiger partial charge in [-0.25, -0.2) is 0 Å². The zero-order valence-electron chi connectivity index (χ0n) is 14.9. The molecular weight excluding hydrogens is 298 g/mol. The van der Waals surface area contributed by atoms with Crippen molar-refractivity contribution in [1.82, 2.24) is 4.90 Å². The average Bonchev–Trinajstić information content (AvgIpc) is 2.60. The van der Waals surface area contributed by atoms with Crippen molar-refractivity contribution < 1.29 is 9.47 Å². The summed E-state index contributed by atoms with van der Waals surface area (Å²) in [6.07, 6.45) is 6.32. The lowest BCUT2D eigenvalue weighted by Gasteiger charge is -2.14. The Hall–Kier alpha value is -2.26. The monoisotopic (exact) mass is 325 g/mol. The highest BCUT2D eigenvalue weighted by Gasteiger charge is 2.08. The molecule has 2 aromatic rings. The van der Waals surface area contributed by atoms with Crippen LogP contribution in [0.25, 0.3) is 12.2 Å². The minimum Gasteiger partial charge on any atom is -0.493 e. The normalized spacial score (nSPS) is 11.2. The summed E-state index contributed by atoms with van der Waals surface area (Å²) in [6.45, 7) is 1.77. The van der Waals surface area contributed by atoms with E-state index >= 15 is 0 Å². The van der Waals surface area contributed by atoms with Crippen LogP contribution >= 0.6 is 0 Å². The molecule has 0 N–H and O–H groups in total. The Labute approximate surface area is 145 Å². The molecule has 24 heavy (non-hydrogen) atoms. The number of unbranched alkanes of at least 4 members (excludes halogenated alkanes) is 1. The second kappa shape index (κ2) is 9.78. The van der Waals surface area contributed by atoms with Gasteiger partial charge >= 0.3 is 0 Å². The molecule has 0 unspecified atom stereocenters. The molecule has 0 saturated carbocycles. The molecular formula is C21H27NO2. The Bertz CT molecular complexity index is 636. The Morgan fingerprint density at radius 3 is 2.42 bits per heavy atom. The van der Waals surface area contributed by atoms with Crippen LogP contribution < -0.4 is 9.47 Å². The molecule has 2 rings (SSSR count). The first-order chi connectivity index (χ1) is 11.7. The van der Waals surface area contributed by atoms with Crippen molar-refractivity contribution in [2.45, 2.75) is 12.8 Å². The van der Waals surface area contributed by atoms with Crippen molar-refractivity contribution in [3.05, 3.63) is 59.7 Å². The summed E-state index contributed by atoms with van der Waals surface area (Å²) in [4.78, 5) is 2.19. The average molecular weight is 325 g/mol. The molecule has 0 atom stereocenters. The molecule has 128 valence electrons. The van der Waals surface area contributed by atoms with E-state index in [0.717, 1.165) is 42.0 Å². The van der Waals surface area contributed by atoms with Gasteiger partial charge in [-0.05, 0) is 45.1 Å². The van der Waals surface area contributed by atoms with Gasteiger partial charge in [-0.1, -0.05) is 54.6 Å². The smallest absolute Gasteiger partial charge is 0.168 e. The number of hydrogen-bond donors (Lipinski definition) is 0. The minimum atomic E-state index is 0.695. The van der Waals surface area contributed by atoms with Crippen molar-refractivity contribution in [1.29, 1.82) is 0 Å². The molecule has 0 aliphatic rings. The van der Waals surface area contributed by atoms with Gasteiger partial charge < -0.3 is 14.4 Å². The molecule has 3 heteroatoms. The lowest BCUT2D eigenvalue weighted by molar-refractivity contribution is 0.277. The fourth-order valence-corrected chi connectivity index (χ4v) is 2.43. The standard InChI is InChI=1S/C21H27NO2/c1-22(2)16-7-8-17-24-21-19(12-9-13-20(21)23-3)15-14-18-10-5-4-6-11-18/h4-6,9-15H,7-8,16-17H2,1-3H3/b15-14+. The number of benzene rings is 2. The van der Waals surface area contributed by atoms with Gasteiger partial charge in [-0.15, -0.1) is 0 Å². The van der Waals surface area contributed by atoms with Crippen LogP contribution in [0.4, 0.5) is 0 Å². The van der Waals surface area contributed by atoms with Crippen LogP contribution in [0.1, 0.15) is 24.0 Å². The van der Waals surface area contributed by atoms with Crippen LogP contribution in [-0.2, 0) is 0 Å². The van der Waals surface area contributed by atoms with Crippen LogP contribution in [0.2, 0.25) is 0 Å². The van der Waals surface area contributed by atoms with Crippen LogP contribution in [0.15, 0.2) is 48.5 Å². The first-order valence-corrected chi connectivity index (χ1v) is 8.38. The predicted molar refractivity (Wildman–Crippen MR) is 102 cm³/mol. The molecule has 3 nitrogen and oxygen atoms in total. The summed E-state index contributed by atoms with van der Waals surface area (Å²) in [5.41, 5.74) is 2.20. The SMILES string of the molecule is COc1cccc(/C=C/c2ccccc2)c1OCCCCN(C)C. The van der Waals surface area contributed by atoms with E-state index < -0.39 is 0 Å². The molecule has 0 radical (unpaired) electrons. The Balaban J connectivity index is 2.06. The number of hydrogen-bond acceptors (Lipinski definition) is 3. The number of ether oxygens (including phenoxy) is 2. The number of para-hydroxylation sites is 1. The molecule has 0 aliphatic heterocycles. The third kappa shape index (κ3) is 5.74. The van der Waals surface area contributed by atoms with Crippen LogP contribution in [0.3, 0.4) is 0 Å². The van der Waals surface area contributed by atoms with E-state index in [1.807, 2.05) is 30.3 Å². The molecule has 0 aliphatic carbocycles. The molecule has 0 bridgehead atoms. The molecule has 0 amide bonds. The van der Waals surface area contributed by atoms with Gasteiger partial charge in [0.05, 0.1) is 13.7 Å². The highest BCUT2D eigenvalue weighted by Crippen LogP contribution is 2.32. The topological polar surface area (TPSA) is 21.7 Å². The quantitative estimate of drug-likeness (QED) is 0.497. The van der Waals surface area contributed by atoms with E-state index in [1.165, 1.54) is 0 Å². The molecule has 0 aromatic heterocycles. The maximum atomic E-state index is 6.03. The third-order valence-corrected chi connectivity index (χ3v) is 3.73. The van der Waals surface area contributed by atoms with Crippen molar-refractivity contribution in [3.63, 3.8) is 0 Å². The lowest BCUT2D eigenvalue weighted by atomic mass is 10.1. The van der Waals surface area contributed by atoms with E-state index in [-0.39, 0.29) is 0 Å². The summed E-state index contributed by atoms with van der Waals surface area (Å²) in [6, 6.07) is 16.2. The molecule has 0 heterocycles. The van der Waals surface area contributed by atoms with Crippen molar-refractivity contribution in [3.8, 4) is 11.5 Å². The van der Waals surface area contributed by atoms with E-state index in [1.54, 1.807) is 7.11 Å². The van der Waals surface area contributed by atoms with Gasteiger partial charge in [0, 0.05) is 5.56 Å². The van der Waals surface area contributed by atoms with Gasteiger partial charge in [-0.3, -0.25) is 0 Å². The summed E-state index contributed by atoms with van der Waals surface area (Å²) in [7, 11) is 5.86. The van der Waals surface area contributed by atoms with Gasteiger partial charge in [0.1, 0.15) is 0 Å². The number of nitrogens with zero attached hydrogens (tertiary/aromatic N) is 1. The molecule has 0 saturated heterocycles. The maximum Gasteiger partial charge on any atom is 0.168 e. The van der Waals surface area contributed by atoms with Crippen LogP contribution in [-0.4, -0.2) is 39.3 Å².